The molecule has 5 heteroatoms. The number of hydrogen-bond donors (Lipinski definition) is 2. The second-order valence-electron chi connectivity index (χ2n) is 4.55. The Morgan fingerprint density at radius 2 is 2.22 bits per heavy atom. The number of hydrogen-bond acceptors (Lipinski definition) is 2. The van der Waals surface area contributed by atoms with E-state index in [1.165, 1.54) is 25.8 Å². The van der Waals surface area contributed by atoms with Crippen LogP contribution in [-0.4, -0.2) is 50.1 Å². The fraction of sp³-hybridized carbons (Fsp3) is 0.769. The SMILES string of the molecule is C=CCNC(=NC)NCCN1CCCCC1C.I. The van der Waals surface area contributed by atoms with Crippen molar-refractivity contribution in [3.05, 3.63) is 12.7 Å². The molecule has 0 spiro atoms. The minimum absolute atomic E-state index is 0. The molecule has 0 saturated carbocycles. The zero-order valence-electron chi connectivity index (χ0n) is 11.6. The summed E-state index contributed by atoms with van der Waals surface area (Å²) >= 11 is 0. The van der Waals surface area contributed by atoms with E-state index in [2.05, 4.69) is 34.0 Å². The summed E-state index contributed by atoms with van der Waals surface area (Å²) in [6.45, 7) is 10.0. The van der Waals surface area contributed by atoms with Crippen molar-refractivity contribution in [2.75, 3.05) is 33.2 Å². The van der Waals surface area contributed by atoms with Gasteiger partial charge in [0.2, 0.25) is 0 Å². The molecule has 18 heavy (non-hydrogen) atoms. The van der Waals surface area contributed by atoms with E-state index in [1.807, 2.05) is 6.08 Å². The summed E-state index contributed by atoms with van der Waals surface area (Å²) in [6, 6.07) is 0.730. The average Bonchev–Trinajstić information content (AvgIpc) is 2.35. The van der Waals surface area contributed by atoms with Gasteiger partial charge in [-0.15, -0.1) is 30.6 Å². The zero-order chi connectivity index (χ0) is 12.5. The minimum atomic E-state index is 0. The van der Waals surface area contributed by atoms with Gasteiger partial charge in [0.05, 0.1) is 0 Å². The van der Waals surface area contributed by atoms with Gasteiger partial charge >= 0.3 is 0 Å². The van der Waals surface area contributed by atoms with Gasteiger partial charge in [-0.05, 0) is 26.3 Å². The molecule has 1 fully saturated rings. The highest BCUT2D eigenvalue weighted by molar-refractivity contribution is 14.0. The number of likely N-dealkylation sites (tertiary alicyclic amines) is 1. The molecule has 0 aliphatic carbocycles. The predicted molar refractivity (Wildman–Crippen MR) is 89.9 cm³/mol. The first-order valence-electron chi connectivity index (χ1n) is 6.57. The standard InChI is InChI=1S/C13H26N4.HI/c1-4-8-15-13(14-3)16-9-11-17-10-6-5-7-12(17)2;/h4,12H,1,5-11H2,2-3H3,(H2,14,15,16);1H. The van der Waals surface area contributed by atoms with Crippen LogP contribution in [0.4, 0.5) is 0 Å². The van der Waals surface area contributed by atoms with Gasteiger partial charge in [-0.3, -0.25) is 9.89 Å². The van der Waals surface area contributed by atoms with E-state index in [9.17, 15) is 0 Å². The molecule has 1 aliphatic rings. The van der Waals surface area contributed by atoms with Crippen molar-refractivity contribution in [1.29, 1.82) is 0 Å². The third-order valence-corrected chi connectivity index (χ3v) is 3.27. The molecule has 1 rings (SSSR count). The van der Waals surface area contributed by atoms with Crippen LogP contribution in [0.15, 0.2) is 17.6 Å². The molecule has 1 saturated heterocycles. The van der Waals surface area contributed by atoms with Crippen LogP contribution in [0, 0.1) is 0 Å². The topological polar surface area (TPSA) is 39.7 Å². The van der Waals surface area contributed by atoms with Crippen LogP contribution in [0.2, 0.25) is 0 Å². The Kier molecular flexibility index (Phi) is 10.4. The quantitative estimate of drug-likeness (QED) is 0.338. The van der Waals surface area contributed by atoms with Gasteiger partial charge in [0.1, 0.15) is 0 Å². The highest BCUT2D eigenvalue weighted by Gasteiger charge is 2.17. The fourth-order valence-corrected chi connectivity index (χ4v) is 2.20. The van der Waals surface area contributed by atoms with Crippen molar-refractivity contribution >= 4 is 29.9 Å². The molecular weight excluding hydrogens is 339 g/mol. The maximum Gasteiger partial charge on any atom is 0.191 e. The Labute approximate surface area is 128 Å². The normalized spacial score (nSPS) is 21.0. The molecule has 1 atom stereocenters. The maximum atomic E-state index is 4.16. The molecule has 0 bridgehead atoms. The molecule has 1 unspecified atom stereocenters. The Morgan fingerprint density at radius 1 is 1.44 bits per heavy atom. The van der Waals surface area contributed by atoms with E-state index in [1.54, 1.807) is 7.05 Å². The first-order chi connectivity index (χ1) is 8.27. The summed E-state index contributed by atoms with van der Waals surface area (Å²) in [5.74, 6) is 0.856. The number of rotatable bonds is 5. The second kappa shape index (κ2) is 10.6. The lowest BCUT2D eigenvalue weighted by atomic mass is 10.0. The lowest BCUT2D eigenvalue weighted by Crippen LogP contribution is -2.45. The van der Waals surface area contributed by atoms with E-state index in [0.717, 1.165) is 31.6 Å². The van der Waals surface area contributed by atoms with Gasteiger partial charge in [-0.2, -0.15) is 0 Å². The Balaban J connectivity index is 0.00000289. The third kappa shape index (κ3) is 6.58. The van der Waals surface area contributed by atoms with Gasteiger partial charge < -0.3 is 10.6 Å². The highest BCUT2D eigenvalue weighted by atomic mass is 127. The molecule has 2 N–H and O–H groups in total. The molecule has 106 valence electrons. The minimum Gasteiger partial charge on any atom is -0.355 e. The molecule has 0 aromatic heterocycles. The van der Waals surface area contributed by atoms with Crippen molar-refractivity contribution in [3.63, 3.8) is 0 Å². The van der Waals surface area contributed by atoms with Crippen LogP contribution in [0.5, 0.6) is 0 Å². The molecule has 4 nitrogen and oxygen atoms in total. The Morgan fingerprint density at radius 3 is 2.83 bits per heavy atom. The molecule has 0 radical (unpaired) electrons. The van der Waals surface area contributed by atoms with Crippen molar-refractivity contribution < 1.29 is 0 Å². The highest BCUT2D eigenvalue weighted by Crippen LogP contribution is 2.15. The fourth-order valence-electron chi connectivity index (χ4n) is 2.20. The number of nitrogens with one attached hydrogen (secondary N) is 2. The molecule has 1 heterocycles. The van der Waals surface area contributed by atoms with E-state index in [0.29, 0.717) is 0 Å². The summed E-state index contributed by atoms with van der Waals surface area (Å²) in [5, 5.41) is 6.49. The third-order valence-electron chi connectivity index (χ3n) is 3.27. The van der Waals surface area contributed by atoms with Gasteiger partial charge in [0.15, 0.2) is 5.96 Å². The first kappa shape index (κ1) is 17.7. The van der Waals surface area contributed by atoms with Crippen LogP contribution in [0.3, 0.4) is 0 Å². The van der Waals surface area contributed by atoms with Crippen LogP contribution >= 0.6 is 24.0 Å². The summed E-state index contributed by atoms with van der Waals surface area (Å²) in [5.41, 5.74) is 0. The zero-order valence-corrected chi connectivity index (χ0v) is 13.9. The largest absolute Gasteiger partial charge is 0.355 e. The molecule has 0 aromatic rings. The van der Waals surface area contributed by atoms with Gasteiger partial charge in [0.25, 0.3) is 0 Å². The van der Waals surface area contributed by atoms with Gasteiger partial charge in [-0.1, -0.05) is 12.5 Å². The van der Waals surface area contributed by atoms with Crippen LogP contribution < -0.4 is 10.6 Å². The van der Waals surface area contributed by atoms with E-state index >= 15 is 0 Å². The van der Waals surface area contributed by atoms with Crippen molar-refractivity contribution in [2.45, 2.75) is 32.2 Å². The molecule has 1 aliphatic heterocycles. The number of piperidine rings is 1. The number of guanidine groups is 1. The van der Waals surface area contributed by atoms with Crippen LogP contribution in [0.25, 0.3) is 0 Å². The lowest BCUT2D eigenvalue weighted by molar-refractivity contribution is 0.163. The summed E-state index contributed by atoms with van der Waals surface area (Å²) in [4.78, 5) is 6.71. The lowest BCUT2D eigenvalue weighted by Gasteiger charge is -2.33. The second-order valence-corrected chi connectivity index (χ2v) is 4.55. The van der Waals surface area contributed by atoms with Crippen LogP contribution in [0.1, 0.15) is 26.2 Å². The van der Waals surface area contributed by atoms with E-state index in [-0.39, 0.29) is 24.0 Å². The van der Waals surface area contributed by atoms with Crippen molar-refractivity contribution in [3.8, 4) is 0 Å². The summed E-state index contributed by atoms with van der Waals surface area (Å²) in [6.07, 6.45) is 5.89. The Hall–Kier alpha value is -0.300. The van der Waals surface area contributed by atoms with Gasteiger partial charge in [-0.25, -0.2) is 0 Å². The monoisotopic (exact) mass is 366 g/mol. The van der Waals surface area contributed by atoms with Crippen molar-refractivity contribution in [1.82, 2.24) is 15.5 Å². The first-order valence-corrected chi connectivity index (χ1v) is 6.57. The number of nitrogens with zero attached hydrogens (tertiary/aromatic N) is 2. The van der Waals surface area contributed by atoms with E-state index < -0.39 is 0 Å². The van der Waals surface area contributed by atoms with Crippen molar-refractivity contribution in [2.24, 2.45) is 4.99 Å². The smallest absolute Gasteiger partial charge is 0.191 e. The summed E-state index contributed by atoms with van der Waals surface area (Å²) < 4.78 is 0. The number of halogens is 1. The molecule has 0 aromatic carbocycles. The van der Waals surface area contributed by atoms with Crippen LogP contribution in [-0.2, 0) is 0 Å². The summed E-state index contributed by atoms with van der Waals surface area (Å²) in [7, 11) is 1.79. The average molecular weight is 366 g/mol. The maximum absolute atomic E-state index is 4.16. The molecule has 0 amide bonds. The van der Waals surface area contributed by atoms with E-state index in [4.69, 9.17) is 0 Å². The Bertz CT molecular complexity index is 255. The van der Waals surface area contributed by atoms with Gasteiger partial charge in [0, 0.05) is 32.7 Å². The molecular formula is C13H27IN4. The predicted octanol–water partition coefficient (Wildman–Crippen LogP) is 1.83. The number of aliphatic imine (C=N–C) groups is 1.